The SMILES string of the molecule is CCCCCCCCOCC(C)(C)C(=O)Nc1ccc(NC(=O)c2cc([N+](=O)[O-])ccc2NC(=O)C(C)(C)COCCCCCCCC)cc1C(=O)Nc1ccc(NC(=O)C(C)(C)COCCCCCCCC)c(C(=O)OC)c1. The zero-order valence-electron chi connectivity index (χ0n) is 49.0. The van der Waals surface area contributed by atoms with E-state index in [9.17, 15) is 38.9 Å². The van der Waals surface area contributed by atoms with Crippen LogP contribution in [0.1, 0.15) is 209 Å². The lowest BCUT2D eigenvalue weighted by atomic mass is 9.93. The Morgan fingerprint density at radius 2 is 0.759 bits per heavy atom. The molecule has 3 aromatic rings. The predicted octanol–water partition coefficient (Wildman–Crippen LogP) is 13.9. The number of hydrogen-bond donors (Lipinski definition) is 5. The molecule has 0 saturated heterocycles. The third-order valence-electron chi connectivity index (χ3n) is 13.6. The summed E-state index contributed by atoms with van der Waals surface area (Å²) >= 11 is 0. The van der Waals surface area contributed by atoms with Gasteiger partial charge in [-0.25, -0.2) is 4.79 Å². The normalized spacial score (nSPS) is 11.7. The topological polar surface area (TPSA) is 243 Å². The van der Waals surface area contributed by atoms with E-state index in [0.717, 1.165) is 83.1 Å². The van der Waals surface area contributed by atoms with Crippen LogP contribution in [0, 0.1) is 26.4 Å². The maximum atomic E-state index is 14.5. The molecule has 5 amide bonds. The molecule has 0 bridgehead atoms. The fraction of sp³-hybridized carbons (Fsp3) is 0.607. The molecule has 0 unspecified atom stereocenters. The molecule has 0 aliphatic carbocycles. The Kier molecular flexibility index (Phi) is 29.4. The average molecular weight is 1100 g/mol. The lowest BCUT2D eigenvalue weighted by Gasteiger charge is -2.25. The molecule has 18 nitrogen and oxygen atoms in total. The summed E-state index contributed by atoms with van der Waals surface area (Å²) in [4.78, 5) is 94.5. The average Bonchev–Trinajstić information content (AvgIpc) is 3.43. The Morgan fingerprint density at radius 1 is 0.443 bits per heavy atom. The summed E-state index contributed by atoms with van der Waals surface area (Å²) in [6.45, 7) is 18.6. The zero-order chi connectivity index (χ0) is 58.4. The Hall–Kier alpha value is -6.24. The van der Waals surface area contributed by atoms with E-state index < -0.39 is 62.4 Å². The first-order valence-corrected chi connectivity index (χ1v) is 28.6. The first-order valence-electron chi connectivity index (χ1n) is 28.6. The quantitative estimate of drug-likeness (QED) is 0.0155. The van der Waals surface area contributed by atoms with E-state index in [4.69, 9.17) is 18.9 Å². The predicted molar refractivity (Wildman–Crippen MR) is 313 cm³/mol. The van der Waals surface area contributed by atoms with Crippen LogP contribution in [0.25, 0.3) is 0 Å². The summed E-state index contributed by atoms with van der Waals surface area (Å²) in [5.74, 6) is -3.76. The minimum Gasteiger partial charge on any atom is -0.465 e. The Balaban J connectivity index is 1.94. The van der Waals surface area contributed by atoms with Gasteiger partial charge in [-0.05, 0) is 103 Å². The van der Waals surface area contributed by atoms with Crippen molar-refractivity contribution in [3.05, 3.63) is 81.4 Å². The van der Waals surface area contributed by atoms with Gasteiger partial charge in [0, 0.05) is 43.3 Å². The highest BCUT2D eigenvalue weighted by molar-refractivity contribution is 6.14. The number of nitro benzene ring substituents is 1. The highest BCUT2D eigenvalue weighted by Crippen LogP contribution is 2.31. The Morgan fingerprint density at radius 3 is 1.11 bits per heavy atom. The summed E-state index contributed by atoms with van der Waals surface area (Å²) in [6, 6.07) is 12.0. The van der Waals surface area contributed by atoms with Crippen LogP contribution in [0.4, 0.5) is 34.1 Å². The third kappa shape index (κ3) is 23.6. The second-order valence-corrected chi connectivity index (χ2v) is 22.4. The number of amides is 5. The number of nitrogens with one attached hydrogen (secondary N) is 5. The fourth-order valence-electron chi connectivity index (χ4n) is 8.27. The molecule has 79 heavy (non-hydrogen) atoms. The molecule has 0 aliphatic rings. The summed E-state index contributed by atoms with van der Waals surface area (Å²) in [5.41, 5.74) is -3.52. The van der Waals surface area contributed by atoms with Crippen LogP contribution in [0.5, 0.6) is 0 Å². The van der Waals surface area contributed by atoms with Gasteiger partial charge in [-0.3, -0.25) is 34.1 Å². The molecule has 0 radical (unpaired) electrons. The number of esters is 1. The lowest BCUT2D eigenvalue weighted by Crippen LogP contribution is -2.36. The van der Waals surface area contributed by atoms with Crippen LogP contribution in [0.15, 0.2) is 54.6 Å². The van der Waals surface area contributed by atoms with Crippen molar-refractivity contribution in [2.24, 2.45) is 16.2 Å². The number of ether oxygens (including phenoxy) is 4. The standard InChI is InChI=1S/C61H92N6O12/c1-11-14-17-20-23-26-35-77-41-59(4,5)56(71)64-50-32-29-44(62-54(69)48-40-46(67(74)75)31-34-51(48)65-57(72)60(6,7)42-78-36-27-24-21-18-15-12-2)38-47(50)53(68)63-45-30-33-52(49(39-45)55(70)76-10)66-58(73)61(8,9)43-79-37-28-25-22-19-16-13-3/h29-34,38-40H,11-28,35-37,41-43H2,1-10H3,(H,62,69)(H,63,68)(H,64,71)(H,65,72)(H,66,73). The highest BCUT2D eigenvalue weighted by Gasteiger charge is 2.33. The summed E-state index contributed by atoms with van der Waals surface area (Å²) in [6.07, 6.45) is 19.6. The van der Waals surface area contributed by atoms with Crippen LogP contribution in [-0.2, 0) is 33.3 Å². The first-order chi connectivity index (χ1) is 37.6. The van der Waals surface area contributed by atoms with E-state index in [2.05, 4.69) is 47.4 Å². The minimum atomic E-state index is -1.05. The molecule has 0 heterocycles. The van der Waals surface area contributed by atoms with Crippen molar-refractivity contribution in [1.29, 1.82) is 0 Å². The largest absolute Gasteiger partial charge is 0.465 e. The summed E-state index contributed by atoms with van der Waals surface area (Å²) < 4.78 is 22.8. The first kappa shape index (κ1) is 67.0. The van der Waals surface area contributed by atoms with E-state index >= 15 is 0 Å². The van der Waals surface area contributed by atoms with Crippen molar-refractivity contribution >= 4 is 69.6 Å². The van der Waals surface area contributed by atoms with Crippen molar-refractivity contribution in [3.8, 4) is 0 Å². The molecule has 18 heteroatoms. The van der Waals surface area contributed by atoms with Crippen LogP contribution in [0.2, 0.25) is 0 Å². The van der Waals surface area contributed by atoms with Crippen molar-refractivity contribution in [3.63, 3.8) is 0 Å². The monoisotopic (exact) mass is 1100 g/mol. The number of hydrogen-bond acceptors (Lipinski definition) is 12. The van der Waals surface area contributed by atoms with Gasteiger partial charge < -0.3 is 45.5 Å². The molecule has 5 N–H and O–H groups in total. The van der Waals surface area contributed by atoms with E-state index in [-0.39, 0.29) is 64.9 Å². The second-order valence-electron chi connectivity index (χ2n) is 22.4. The molecular formula is C61H92N6O12. The molecule has 0 fully saturated rings. The van der Waals surface area contributed by atoms with Crippen LogP contribution >= 0.6 is 0 Å². The van der Waals surface area contributed by atoms with Crippen LogP contribution in [-0.4, -0.2) is 87.2 Å². The zero-order valence-corrected chi connectivity index (χ0v) is 49.0. The van der Waals surface area contributed by atoms with Crippen LogP contribution < -0.4 is 26.6 Å². The number of non-ortho nitro benzene ring substituents is 1. The number of nitrogens with zero attached hydrogens (tertiary/aromatic N) is 1. The van der Waals surface area contributed by atoms with Gasteiger partial charge in [0.1, 0.15) is 0 Å². The molecule has 0 atom stereocenters. The van der Waals surface area contributed by atoms with Crippen molar-refractivity contribution < 1.29 is 52.6 Å². The number of rotatable bonds is 39. The molecule has 3 rings (SSSR count). The van der Waals surface area contributed by atoms with E-state index in [1.54, 1.807) is 41.5 Å². The summed E-state index contributed by atoms with van der Waals surface area (Å²) in [7, 11) is 1.19. The molecule has 3 aromatic carbocycles. The van der Waals surface area contributed by atoms with E-state index in [0.29, 0.717) is 19.8 Å². The van der Waals surface area contributed by atoms with Gasteiger partial charge >= 0.3 is 5.97 Å². The second kappa shape index (κ2) is 34.7. The summed E-state index contributed by atoms with van der Waals surface area (Å²) in [5, 5.41) is 25.9. The number of methoxy groups -OCH3 is 1. The minimum absolute atomic E-state index is 0.00124. The fourth-order valence-corrected chi connectivity index (χ4v) is 8.27. The van der Waals surface area contributed by atoms with Gasteiger partial charge in [0.05, 0.1) is 81.9 Å². The third-order valence-corrected chi connectivity index (χ3v) is 13.6. The van der Waals surface area contributed by atoms with Gasteiger partial charge in [-0.15, -0.1) is 0 Å². The maximum Gasteiger partial charge on any atom is 0.340 e. The number of carbonyl (C=O) groups excluding carboxylic acids is 6. The molecule has 0 spiro atoms. The van der Waals surface area contributed by atoms with Crippen molar-refractivity contribution in [1.82, 2.24) is 0 Å². The van der Waals surface area contributed by atoms with E-state index in [1.165, 1.54) is 94.2 Å². The number of carbonyl (C=O) groups is 6. The number of unbranched alkanes of at least 4 members (excludes halogenated alkanes) is 15. The van der Waals surface area contributed by atoms with Gasteiger partial charge in [-0.1, -0.05) is 117 Å². The molecule has 0 aromatic heterocycles. The van der Waals surface area contributed by atoms with E-state index in [1.807, 2.05) is 0 Å². The highest BCUT2D eigenvalue weighted by atomic mass is 16.6. The maximum absolute atomic E-state index is 14.5. The number of benzene rings is 3. The number of nitro groups is 1. The molecular weight excluding hydrogens is 1010 g/mol. The van der Waals surface area contributed by atoms with Gasteiger partial charge in [-0.2, -0.15) is 0 Å². The number of anilines is 5. The van der Waals surface area contributed by atoms with Crippen LogP contribution in [0.3, 0.4) is 0 Å². The Labute approximate surface area is 469 Å². The molecule has 0 aliphatic heterocycles. The molecule has 438 valence electrons. The smallest absolute Gasteiger partial charge is 0.340 e. The van der Waals surface area contributed by atoms with Gasteiger partial charge in [0.25, 0.3) is 17.5 Å². The molecule has 0 saturated carbocycles. The Bertz CT molecular complexity index is 2450. The lowest BCUT2D eigenvalue weighted by molar-refractivity contribution is -0.384. The van der Waals surface area contributed by atoms with Gasteiger partial charge in [0.2, 0.25) is 17.7 Å². The van der Waals surface area contributed by atoms with Gasteiger partial charge in [0.15, 0.2) is 0 Å². The van der Waals surface area contributed by atoms with Crippen molar-refractivity contribution in [2.45, 2.75) is 178 Å². The van der Waals surface area contributed by atoms with Crippen molar-refractivity contribution in [2.75, 3.05) is 73.3 Å².